The van der Waals surface area contributed by atoms with Crippen LogP contribution in [0.15, 0.2) is 30.5 Å². The molecule has 0 saturated heterocycles. The number of hydrogen-bond donors (Lipinski definition) is 0. The molecule has 0 fully saturated rings. The Morgan fingerprint density at radius 2 is 1.83 bits per heavy atom. The van der Waals surface area contributed by atoms with E-state index in [2.05, 4.69) is 5.10 Å². The Balaban J connectivity index is 0.000000771. The van der Waals surface area contributed by atoms with Crippen molar-refractivity contribution in [2.75, 3.05) is 7.11 Å². The first kappa shape index (κ1) is 14.6. The molecule has 0 aliphatic carbocycles. The minimum Gasteiger partial charge on any atom is -0.497 e. The fourth-order valence-electron chi connectivity index (χ4n) is 1.48. The molecule has 0 N–H and O–H groups in total. The maximum Gasteiger partial charge on any atom is 0.130 e. The number of ether oxygens (including phenoxy) is 1. The highest BCUT2D eigenvalue weighted by Crippen LogP contribution is 2.17. The van der Waals surface area contributed by atoms with Crippen molar-refractivity contribution < 1.29 is 4.74 Å². The molecule has 3 nitrogen and oxygen atoms in total. The summed E-state index contributed by atoms with van der Waals surface area (Å²) in [5.41, 5.74) is 2.14. The van der Waals surface area contributed by atoms with E-state index in [1.54, 1.807) is 18.0 Å². The van der Waals surface area contributed by atoms with Crippen LogP contribution in [0.4, 0.5) is 0 Å². The summed E-state index contributed by atoms with van der Waals surface area (Å²) >= 11 is 6.09. The van der Waals surface area contributed by atoms with Crippen LogP contribution in [-0.4, -0.2) is 16.9 Å². The van der Waals surface area contributed by atoms with Crippen molar-refractivity contribution in [2.45, 2.75) is 27.3 Å². The van der Waals surface area contributed by atoms with Crippen LogP contribution in [0, 0.1) is 6.92 Å². The van der Waals surface area contributed by atoms with E-state index in [0.717, 1.165) is 16.9 Å². The molecular weight excluding hydrogens is 248 g/mol. The molecule has 0 atom stereocenters. The highest BCUT2D eigenvalue weighted by atomic mass is 35.5. The quantitative estimate of drug-likeness (QED) is 0.842. The molecule has 1 aromatic carbocycles. The minimum absolute atomic E-state index is 0.677. The van der Waals surface area contributed by atoms with Crippen LogP contribution in [0.5, 0.6) is 5.75 Å². The van der Waals surface area contributed by atoms with Gasteiger partial charge in [-0.05, 0) is 24.6 Å². The van der Waals surface area contributed by atoms with E-state index in [-0.39, 0.29) is 0 Å². The van der Waals surface area contributed by atoms with Crippen LogP contribution in [0.2, 0.25) is 5.15 Å². The molecule has 2 rings (SSSR count). The fourth-order valence-corrected chi connectivity index (χ4v) is 1.63. The summed E-state index contributed by atoms with van der Waals surface area (Å²) in [6, 6.07) is 7.87. The number of hydrogen-bond acceptors (Lipinski definition) is 2. The molecule has 4 heteroatoms. The van der Waals surface area contributed by atoms with Gasteiger partial charge in [0.05, 0.1) is 19.9 Å². The normalized spacial score (nSPS) is 9.61. The summed E-state index contributed by atoms with van der Waals surface area (Å²) < 4.78 is 6.88. The highest BCUT2D eigenvalue weighted by molar-refractivity contribution is 6.30. The Morgan fingerprint density at radius 1 is 1.22 bits per heavy atom. The number of aromatic nitrogens is 2. The van der Waals surface area contributed by atoms with Crippen molar-refractivity contribution in [3.8, 4) is 5.75 Å². The number of nitrogens with zero attached hydrogens (tertiary/aromatic N) is 2. The zero-order chi connectivity index (χ0) is 13.5. The van der Waals surface area contributed by atoms with E-state index in [0.29, 0.717) is 11.7 Å². The summed E-state index contributed by atoms with van der Waals surface area (Å²) in [5, 5.41) is 4.90. The lowest BCUT2D eigenvalue weighted by Crippen LogP contribution is -2.01. The van der Waals surface area contributed by atoms with Gasteiger partial charge in [-0.2, -0.15) is 5.10 Å². The van der Waals surface area contributed by atoms with Crippen molar-refractivity contribution in [3.05, 3.63) is 46.7 Å². The van der Waals surface area contributed by atoms with E-state index < -0.39 is 0 Å². The SMILES string of the molecule is CC.COc1ccc(Cn2ncc(C)c2Cl)cc1. The van der Waals surface area contributed by atoms with Crippen LogP contribution in [0.25, 0.3) is 0 Å². The van der Waals surface area contributed by atoms with Crippen LogP contribution < -0.4 is 4.74 Å². The average Bonchev–Trinajstić information content (AvgIpc) is 2.74. The molecule has 2 aromatic rings. The van der Waals surface area contributed by atoms with Gasteiger partial charge < -0.3 is 4.74 Å². The van der Waals surface area contributed by atoms with Crippen LogP contribution in [-0.2, 0) is 6.54 Å². The minimum atomic E-state index is 0.677. The van der Waals surface area contributed by atoms with E-state index in [1.165, 1.54) is 0 Å². The lowest BCUT2D eigenvalue weighted by molar-refractivity contribution is 0.414. The summed E-state index contributed by atoms with van der Waals surface area (Å²) in [4.78, 5) is 0. The molecule has 0 saturated carbocycles. The van der Waals surface area contributed by atoms with Gasteiger partial charge in [0, 0.05) is 5.56 Å². The summed E-state index contributed by atoms with van der Waals surface area (Å²) in [5.74, 6) is 0.853. The van der Waals surface area contributed by atoms with E-state index in [9.17, 15) is 0 Å². The van der Waals surface area contributed by atoms with Crippen LogP contribution in [0.3, 0.4) is 0 Å². The molecule has 18 heavy (non-hydrogen) atoms. The maximum absolute atomic E-state index is 6.09. The lowest BCUT2D eigenvalue weighted by atomic mass is 10.2. The Morgan fingerprint density at radius 3 is 2.28 bits per heavy atom. The van der Waals surface area contributed by atoms with E-state index >= 15 is 0 Å². The average molecular weight is 267 g/mol. The molecule has 0 aliphatic heterocycles. The Kier molecular flexibility index (Phi) is 5.72. The molecule has 1 aromatic heterocycles. The predicted molar refractivity (Wildman–Crippen MR) is 75.4 cm³/mol. The number of methoxy groups -OCH3 is 1. The van der Waals surface area contributed by atoms with Crippen molar-refractivity contribution in [1.82, 2.24) is 9.78 Å². The van der Waals surface area contributed by atoms with Crippen molar-refractivity contribution in [1.29, 1.82) is 0 Å². The first-order chi connectivity index (χ1) is 8.70. The summed E-state index contributed by atoms with van der Waals surface area (Å²) in [7, 11) is 1.66. The second-order valence-electron chi connectivity index (χ2n) is 3.62. The van der Waals surface area contributed by atoms with Crippen molar-refractivity contribution >= 4 is 11.6 Å². The topological polar surface area (TPSA) is 27.1 Å². The molecule has 1 heterocycles. The first-order valence-corrected chi connectivity index (χ1v) is 6.39. The third-order valence-corrected chi connectivity index (χ3v) is 2.93. The van der Waals surface area contributed by atoms with Gasteiger partial charge in [0.1, 0.15) is 10.9 Å². The van der Waals surface area contributed by atoms with Gasteiger partial charge >= 0.3 is 0 Å². The number of halogens is 1. The Bertz CT molecular complexity index is 477. The summed E-state index contributed by atoms with van der Waals surface area (Å²) in [6.07, 6.45) is 1.77. The standard InChI is InChI=1S/C12H13ClN2O.C2H6/c1-9-7-14-15(12(9)13)8-10-3-5-11(16-2)6-4-10;1-2/h3-7H,8H2,1-2H3;1-2H3. The largest absolute Gasteiger partial charge is 0.497 e. The van der Waals surface area contributed by atoms with Crippen LogP contribution >= 0.6 is 11.6 Å². The fraction of sp³-hybridized carbons (Fsp3) is 0.357. The van der Waals surface area contributed by atoms with Crippen molar-refractivity contribution in [3.63, 3.8) is 0 Å². The molecular formula is C14H19ClN2O. The molecule has 0 spiro atoms. The third kappa shape index (κ3) is 3.50. The molecule has 98 valence electrons. The smallest absolute Gasteiger partial charge is 0.130 e. The zero-order valence-corrected chi connectivity index (χ0v) is 12.0. The highest BCUT2D eigenvalue weighted by Gasteiger charge is 2.04. The predicted octanol–water partition coefficient (Wildman–Crippen LogP) is 3.93. The second kappa shape index (κ2) is 7.07. The Labute approximate surface area is 113 Å². The number of aryl methyl sites for hydroxylation is 1. The molecule has 0 radical (unpaired) electrons. The zero-order valence-electron chi connectivity index (χ0n) is 11.3. The van der Waals surface area contributed by atoms with Gasteiger partial charge in [-0.25, -0.2) is 4.68 Å². The molecule has 0 bridgehead atoms. The third-order valence-electron chi connectivity index (χ3n) is 2.43. The molecule has 0 amide bonds. The van der Waals surface area contributed by atoms with Gasteiger partial charge in [-0.3, -0.25) is 0 Å². The van der Waals surface area contributed by atoms with Gasteiger partial charge in [0.15, 0.2) is 0 Å². The van der Waals surface area contributed by atoms with E-state index in [1.807, 2.05) is 45.0 Å². The molecule has 0 aliphatic rings. The monoisotopic (exact) mass is 266 g/mol. The first-order valence-electron chi connectivity index (χ1n) is 6.01. The lowest BCUT2D eigenvalue weighted by Gasteiger charge is -2.05. The maximum atomic E-state index is 6.09. The number of rotatable bonds is 3. The van der Waals surface area contributed by atoms with Gasteiger partial charge in [-0.15, -0.1) is 0 Å². The molecule has 0 unspecified atom stereocenters. The van der Waals surface area contributed by atoms with Gasteiger partial charge in [0.25, 0.3) is 0 Å². The number of benzene rings is 1. The Hall–Kier alpha value is -1.48. The van der Waals surface area contributed by atoms with Crippen LogP contribution in [0.1, 0.15) is 25.0 Å². The van der Waals surface area contributed by atoms with Gasteiger partial charge in [0.2, 0.25) is 0 Å². The second-order valence-corrected chi connectivity index (χ2v) is 3.98. The summed E-state index contributed by atoms with van der Waals surface area (Å²) in [6.45, 7) is 6.62. The van der Waals surface area contributed by atoms with Crippen molar-refractivity contribution in [2.24, 2.45) is 0 Å². The van der Waals surface area contributed by atoms with Gasteiger partial charge in [-0.1, -0.05) is 37.6 Å². The van der Waals surface area contributed by atoms with E-state index in [4.69, 9.17) is 16.3 Å².